The van der Waals surface area contributed by atoms with Gasteiger partial charge in [0.15, 0.2) is 0 Å². The summed E-state index contributed by atoms with van der Waals surface area (Å²) in [7, 11) is 0. The second kappa shape index (κ2) is 7.90. The Kier molecular flexibility index (Phi) is 5.40. The maximum atomic E-state index is 12.1. The van der Waals surface area contributed by atoms with E-state index in [4.69, 9.17) is 0 Å². The van der Waals surface area contributed by atoms with Crippen LogP contribution in [0.1, 0.15) is 36.4 Å². The van der Waals surface area contributed by atoms with Crippen molar-refractivity contribution in [1.82, 2.24) is 16.2 Å². The van der Waals surface area contributed by atoms with Crippen molar-refractivity contribution in [2.24, 2.45) is 0 Å². The lowest BCUT2D eigenvalue weighted by Gasteiger charge is -2.12. The third-order valence-corrected chi connectivity index (χ3v) is 4.15. The molecule has 0 aromatic heterocycles. The predicted molar refractivity (Wildman–Crippen MR) is 91.4 cm³/mol. The summed E-state index contributed by atoms with van der Waals surface area (Å²) in [6, 6.07) is 20.8. The summed E-state index contributed by atoms with van der Waals surface area (Å²) in [4.78, 5) is 12.1. The fourth-order valence-electron chi connectivity index (χ4n) is 2.92. The molecule has 0 aliphatic carbocycles. The fourth-order valence-corrected chi connectivity index (χ4v) is 2.92. The lowest BCUT2D eigenvalue weighted by Crippen LogP contribution is -2.44. The average molecular weight is 309 g/mol. The Bertz CT molecular complexity index is 615. The third-order valence-electron chi connectivity index (χ3n) is 4.15. The van der Waals surface area contributed by atoms with Crippen LogP contribution in [-0.2, 0) is 11.2 Å². The van der Waals surface area contributed by atoms with Gasteiger partial charge in [0.2, 0.25) is 5.91 Å². The van der Waals surface area contributed by atoms with Crippen LogP contribution in [0.25, 0.3) is 0 Å². The van der Waals surface area contributed by atoms with Crippen LogP contribution in [-0.4, -0.2) is 12.1 Å². The first-order valence-corrected chi connectivity index (χ1v) is 8.20. The molecule has 3 rings (SSSR count). The summed E-state index contributed by atoms with van der Waals surface area (Å²) < 4.78 is 0. The van der Waals surface area contributed by atoms with Crippen molar-refractivity contribution < 1.29 is 4.79 Å². The molecule has 120 valence electrons. The second-order valence-electron chi connectivity index (χ2n) is 5.95. The van der Waals surface area contributed by atoms with Gasteiger partial charge < -0.3 is 5.32 Å². The van der Waals surface area contributed by atoms with Gasteiger partial charge in [-0.2, -0.15) is 0 Å². The Morgan fingerprint density at radius 2 is 1.70 bits per heavy atom. The van der Waals surface area contributed by atoms with E-state index in [0.717, 1.165) is 19.3 Å². The van der Waals surface area contributed by atoms with E-state index < -0.39 is 0 Å². The van der Waals surface area contributed by atoms with Crippen LogP contribution in [0.3, 0.4) is 0 Å². The van der Waals surface area contributed by atoms with Crippen molar-refractivity contribution in [3.05, 3.63) is 71.8 Å². The van der Waals surface area contributed by atoms with Gasteiger partial charge in [-0.05, 0) is 24.0 Å². The van der Waals surface area contributed by atoms with E-state index in [1.165, 1.54) is 11.1 Å². The molecule has 0 radical (unpaired) electrons. The Balaban J connectivity index is 1.39. The molecule has 2 atom stereocenters. The fraction of sp³-hybridized carbons (Fsp3) is 0.316. The Morgan fingerprint density at radius 1 is 1.00 bits per heavy atom. The molecule has 4 heteroatoms. The van der Waals surface area contributed by atoms with Crippen molar-refractivity contribution in [1.29, 1.82) is 0 Å². The van der Waals surface area contributed by atoms with Gasteiger partial charge in [-0.25, -0.2) is 10.9 Å². The van der Waals surface area contributed by atoms with Crippen molar-refractivity contribution in [3.63, 3.8) is 0 Å². The first-order valence-electron chi connectivity index (χ1n) is 8.20. The van der Waals surface area contributed by atoms with E-state index in [-0.39, 0.29) is 18.1 Å². The normalized spacial score (nSPS) is 20.3. The van der Waals surface area contributed by atoms with E-state index in [1.807, 2.05) is 36.4 Å². The van der Waals surface area contributed by atoms with Gasteiger partial charge >= 0.3 is 0 Å². The van der Waals surface area contributed by atoms with E-state index in [9.17, 15) is 4.79 Å². The van der Waals surface area contributed by atoms with Crippen LogP contribution in [0.2, 0.25) is 0 Å². The molecular formula is C19H23N3O. The minimum absolute atomic E-state index is 0.00979. The lowest BCUT2D eigenvalue weighted by atomic mass is 10.0. The number of nitrogens with one attached hydrogen (secondary N) is 3. The average Bonchev–Trinajstić information content (AvgIpc) is 3.05. The van der Waals surface area contributed by atoms with Gasteiger partial charge in [0.25, 0.3) is 0 Å². The number of hydrogen-bond acceptors (Lipinski definition) is 3. The molecule has 2 aromatic carbocycles. The SMILES string of the molecule is O=C(CCCc1ccccc1)NC1CC(c2ccccc2)NN1. The van der Waals surface area contributed by atoms with Gasteiger partial charge in [0.05, 0.1) is 6.17 Å². The first-order chi connectivity index (χ1) is 11.3. The summed E-state index contributed by atoms with van der Waals surface area (Å²) in [6.45, 7) is 0. The molecule has 0 spiro atoms. The second-order valence-corrected chi connectivity index (χ2v) is 5.95. The van der Waals surface area contributed by atoms with Crippen LogP contribution in [0.4, 0.5) is 0 Å². The molecule has 0 bridgehead atoms. The molecule has 1 aliphatic rings. The van der Waals surface area contributed by atoms with Crippen molar-refractivity contribution in [2.45, 2.75) is 37.9 Å². The van der Waals surface area contributed by atoms with E-state index in [0.29, 0.717) is 6.42 Å². The molecule has 1 aliphatic heterocycles. The highest BCUT2D eigenvalue weighted by atomic mass is 16.1. The number of hydrogen-bond donors (Lipinski definition) is 3. The summed E-state index contributed by atoms with van der Waals surface area (Å²) in [5.41, 5.74) is 8.93. The van der Waals surface area contributed by atoms with Crippen LogP contribution < -0.4 is 16.2 Å². The zero-order valence-corrected chi connectivity index (χ0v) is 13.2. The molecular weight excluding hydrogens is 286 g/mol. The zero-order chi connectivity index (χ0) is 15.9. The minimum Gasteiger partial charge on any atom is -0.339 e. The Morgan fingerprint density at radius 3 is 2.43 bits per heavy atom. The van der Waals surface area contributed by atoms with Gasteiger partial charge in [0, 0.05) is 18.9 Å². The highest BCUT2D eigenvalue weighted by Gasteiger charge is 2.25. The summed E-state index contributed by atoms with van der Waals surface area (Å²) in [6.07, 6.45) is 3.22. The van der Waals surface area contributed by atoms with Crippen LogP contribution in [0.15, 0.2) is 60.7 Å². The number of benzene rings is 2. The van der Waals surface area contributed by atoms with Crippen LogP contribution in [0, 0.1) is 0 Å². The van der Waals surface area contributed by atoms with Gasteiger partial charge in [-0.3, -0.25) is 4.79 Å². The zero-order valence-electron chi connectivity index (χ0n) is 13.2. The maximum absolute atomic E-state index is 12.1. The third kappa shape index (κ3) is 4.65. The van der Waals surface area contributed by atoms with Crippen LogP contribution in [0.5, 0.6) is 0 Å². The smallest absolute Gasteiger partial charge is 0.221 e. The number of carbonyl (C=O) groups excluding carboxylic acids is 1. The highest BCUT2D eigenvalue weighted by molar-refractivity contribution is 5.76. The molecule has 1 amide bonds. The predicted octanol–water partition coefficient (Wildman–Crippen LogP) is 2.69. The molecule has 2 unspecified atom stereocenters. The molecule has 1 saturated heterocycles. The van der Waals surface area contributed by atoms with Gasteiger partial charge in [-0.15, -0.1) is 0 Å². The molecule has 1 heterocycles. The summed E-state index contributed by atoms with van der Waals surface area (Å²) in [5.74, 6) is 0.106. The Hall–Kier alpha value is -2.17. The lowest BCUT2D eigenvalue weighted by molar-refractivity contribution is -0.122. The molecule has 3 N–H and O–H groups in total. The summed E-state index contributed by atoms with van der Waals surface area (Å²) >= 11 is 0. The topological polar surface area (TPSA) is 53.2 Å². The molecule has 0 saturated carbocycles. The highest BCUT2D eigenvalue weighted by Crippen LogP contribution is 2.20. The number of carbonyl (C=O) groups is 1. The molecule has 2 aromatic rings. The largest absolute Gasteiger partial charge is 0.339 e. The van der Waals surface area contributed by atoms with E-state index >= 15 is 0 Å². The maximum Gasteiger partial charge on any atom is 0.221 e. The minimum atomic E-state index is -0.00979. The van der Waals surface area contributed by atoms with E-state index in [1.54, 1.807) is 0 Å². The molecule has 4 nitrogen and oxygen atoms in total. The Labute approximate surface area is 137 Å². The van der Waals surface area contributed by atoms with E-state index in [2.05, 4.69) is 40.4 Å². The van der Waals surface area contributed by atoms with Crippen LogP contribution >= 0.6 is 0 Å². The van der Waals surface area contributed by atoms with Crippen molar-refractivity contribution in [3.8, 4) is 0 Å². The monoisotopic (exact) mass is 309 g/mol. The van der Waals surface area contributed by atoms with Crippen molar-refractivity contribution >= 4 is 5.91 Å². The molecule has 23 heavy (non-hydrogen) atoms. The van der Waals surface area contributed by atoms with Gasteiger partial charge in [-0.1, -0.05) is 60.7 Å². The number of hydrazine groups is 1. The number of amides is 1. The quantitative estimate of drug-likeness (QED) is 0.769. The van der Waals surface area contributed by atoms with Gasteiger partial charge in [0.1, 0.15) is 0 Å². The number of rotatable bonds is 6. The number of aryl methyl sites for hydroxylation is 1. The standard InChI is InChI=1S/C19H23N3O/c23-19(13-7-10-15-8-3-1-4-9-15)20-18-14-17(21-22-18)16-11-5-2-6-12-16/h1-6,8-9,11-12,17-18,21-22H,7,10,13-14H2,(H,20,23). The molecule has 1 fully saturated rings. The first kappa shape index (κ1) is 15.7. The summed E-state index contributed by atoms with van der Waals surface area (Å²) in [5, 5.41) is 3.05. The van der Waals surface area contributed by atoms with Crippen molar-refractivity contribution in [2.75, 3.05) is 0 Å².